The maximum atomic E-state index is 11.6. The number of benzene rings is 2. The van der Waals surface area contributed by atoms with Crippen LogP contribution in [0.25, 0.3) is 0 Å². The highest BCUT2D eigenvalue weighted by Crippen LogP contribution is 2.33. The quantitative estimate of drug-likeness (QED) is 0.485. The van der Waals surface area contributed by atoms with E-state index in [1.54, 1.807) is 0 Å². The lowest BCUT2D eigenvalue weighted by atomic mass is 9.78. The summed E-state index contributed by atoms with van der Waals surface area (Å²) in [6.07, 6.45) is -0.680. The van der Waals surface area contributed by atoms with Crippen molar-refractivity contribution in [2.24, 2.45) is 5.73 Å². The lowest BCUT2D eigenvalue weighted by Crippen LogP contribution is -2.32. The summed E-state index contributed by atoms with van der Waals surface area (Å²) in [6, 6.07) is 15.5. The molecule has 6 nitrogen and oxygen atoms in total. The van der Waals surface area contributed by atoms with Crippen LogP contribution in [0.2, 0.25) is 0 Å². The molecule has 2 aromatic carbocycles. The molecule has 7 heteroatoms. The highest BCUT2D eigenvalue weighted by Gasteiger charge is 2.23. The Labute approximate surface area is 177 Å². The Kier molecular flexibility index (Phi) is 8.76. The summed E-state index contributed by atoms with van der Waals surface area (Å²) < 4.78 is 11.0. The molecule has 1 atom stereocenters. The first kappa shape index (κ1) is 23.0. The molecule has 29 heavy (non-hydrogen) atoms. The summed E-state index contributed by atoms with van der Waals surface area (Å²) in [5, 5.41) is 12.1. The van der Waals surface area contributed by atoms with Crippen LogP contribution < -0.4 is 20.5 Å². The normalized spacial score (nSPS) is 12.3. The maximum absolute atomic E-state index is 11.6. The molecule has 0 radical (unpaired) electrons. The monoisotopic (exact) mass is 420 g/mol. The van der Waals surface area contributed by atoms with E-state index in [0.717, 1.165) is 11.1 Å². The van der Waals surface area contributed by atoms with Gasteiger partial charge in [0, 0.05) is 18.5 Å². The second-order valence-corrected chi connectivity index (χ2v) is 7.53. The van der Waals surface area contributed by atoms with E-state index < -0.39 is 6.10 Å². The zero-order valence-corrected chi connectivity index (χ0v) is 17.6. The van der Waals surface area contributed by atoms with Crippen LogP contribution in [-0.2, 0) is 10.2 Å². The largest absolute Gasteiger partial charge is 0.491 e. The van der Waals surface area contributed by atoms with E-state index in [9.17, 15) is 9.90 Å². The van der Waals surface area contributed by atoms with Gasteiger partial charge >= 0.3 is 0 Å². The minimum Gasteiger partial charge on any atom is -0.491 e. The highest BCUT2D eigenvalue weighted by molar-refractivity contribution is 6.18. The van der Waals surface area contributed by atoms with Crippen LogP contribution >= 0.6 is 11.6 Å². The van der Waals surface area contributed by atoms with Gasteiger partial charge in [-0.25, -0.2) is 0 Å². The van der Waals surface area contributed by atoms with Gasteiger partial charge in [0.2, 0.25) is 0 Å². The molecule has 0 saturated carbocycles. The van der Waals surface area contributed by atoms with E-state index in [1.807, 2.05) is 48.5 Å². The van der Waals surface area contributed by atoms with E-state index in [4.69, 9.17) is 26.8 Å². The summed E-state index contributed by atoms with van der Waals surface area (Å²) in [5.74, 6) is 1.27. The number of amides is 1. The number of hydrogen-bond donors (Lipinski definition) is 3. The molecule has 2 aromatic rings. The van der Waals surface area contributed by atoms with Crippen molar-refractivity contribution >= 4 is 17.5 Å². The van der Waals surface area contributed by atoms with Crippen molar-refractivity contribution in [1.29, 1.82) is 0 Å². The number of aliphatic hydroxyl groups is 1. The second-order valence-electron chi connectivity index (χ2n) is 7.22. The summed E-state index contributed by atoms with van der Waals surface area (Å²) >= 11 is 5.57. The zero-order valence-electron chi connectivity index (χ0n) is 16.9. The van der Waals surface area contributed by atoms with Crippen LogP contribution in [0.15, 0.2) is 48.5 Å². The predicted octanol–water partition coefficient (Wildman–Crippen LogP) is 2.44. The van der Waals surface area contributed by atoms with Gasteiger partial charge in [-0.2, -0.15) is 0 Å². The molecule has 1 unspecified atom stereocenters. The predicted molar refractivity (Wildman–Crippen MR) is 115 cm³/mol. The fourth-order valence-electron chi connectivity index (χ4n) is 2.75. The van der Waals surface area contributed by atoms with Crippen LogP contribution in [-0.4, -0.2) is 49.3 Å². The van der Waals surface area contributed by atoms with Gasteiger partial charge in [-0.1, -0.05) is 38.1 Å². The smallest absolute Gasteiger partial charge is 0.257 e. The molecule has 4 N–H and O–H groups in total. The Morgan fingerprint density at radius 3 is 2.07 bits per heavy atom. The van der Waals surface area contributed by atoms with Crippen molar-refractivity contribution in [2.75, 3.05) is 32.2 Å². The topological polar surface area (TPSA) is 93.8 Å². The Bertz CT molecular complexity index is 763. The Balaban J connectivity index is 1.98. The maximum Gasteiger partial charge on any atom is 0.257 e. The number of nitrogens with two attached hydrogens (primary N) is 1. The van der Waals surface area contributed by atoms with E-state index in [1.165, 1.54) is 0 Å². The molecule has 0 aliphatic heterocycles. The standard InChI is InChI=1S/C22H29ClN2O4/c1-22(2,16-3-7-19(8-4-16)28-14-18(26)13-23)17-5-9-20(10-6-17)29-15-21(27)25-12-11-24/h3-10,18,26H,11-15,24H2,1-2H3,(H,25,27). The second kappa shape index (κ2) is 11.0. The molecule has 0 bridgehead atoms. The molecular formula is C22H29ClN2O4. The minimum atomic E-state index is -0.680. The summed E-state index contributed by atoms with van der Waals surface area (Å²) in [7, 11) is 0. The third kappa shape index (κ3) is 6.92. The average Bonchev–Trinajstić information content (AvgIpc) is 2.75. The number of ether oxygens (including phenoxy) is 2. The van der Waals surface area contributed by atoms with Gasteiger partial charge in [0.25, 0.3) is 5.91 Å². The average molecular weight is 421 g/mol. The van der Waals surface area contributed by atoms with Crippen molar-refractivity contribution in [3.05, 3.63) is 59.7 Å². The Morgan fingerprint density at radius 1 is 1.07 bits per heavy atom. The van der Waals surface area contributed by atoms with Gasteiger partial charge < -0.3 is 25.6 Å². The number of alkyl halides is 1. The van der Waals surface area contributed by atoms with Gasteiger partial charge in [-0.15, -0.1) is 11.6 Å². The third-order valence-electron chi connectivity index (χ3n) is 4.61. The van der Waals surface area contributed by atoms with Crippen LogP contribution in [0.1, 0.15) is 25.0 Å². The van der Waals surface area contributed by atoms with Crippen molar-refractivity contribution in [1.82, 2.24) is 5.32 Å². The minimum absolute atomic E-state index is 0.0391. The van der Waals surface area contributed by atoms with Gasteiger partial charge in [0.15, 0.2) is 6.61 Å². The first-order chi connectivity index (χ1) is 13.9. The Hall–Kier alpha value is -2.28. The molecule has 158 valence electrons. The molecule has 0 fully saturated rings. The molecule has 1 amide bonds. The lowest BCUT2D eigenvalue weighted by Gasteiger charge is -2.26. The van der Waals surface area contributed by atoms with E-state index >= 15 is 0 Å². The first-order valence-electron chi connectivity index (χ1n) is 9.54. The van der Waals surface area contributed by atoms with Crippen molar-refractivity contribution < 1.29 is 19.4 Å². The summed E-state index contributed by atoms with van der Waals surface area (Å²) in [4.78, 5) is 11.6. The SMILES string of the molecule is CC(C)(c1ccc(OCC(=O)NCCN)cc1)c1ccc(OCC(O)CCl)cc1. The highest BCUT2D eigenvalue weighted by atomic mass is 35.5. The fraction of sp³-hybridized carbons (Fsp3) is 0.409. The van der Waals surface area contributed by atoms with Crippen LogP contribution in [0.4, 0.5) is 0 Å². The van der Waals surface area contributed by atoms with E-state index in [2.05, 4.69) is 19.2 Å². The van der Waals surface area contributed by atoms with E-state index in [0.29, 0.717) is 24.6 Å². The Morgan fingerprint density at radius 2 is 1.59 bits per heavy atom. The van der Waals surface area contributed by atoms with Crippen LogP contribution in [0, 0.1) is 0 Å². The molecule has 0 aliphatic rings. The number of nitrogens with one attached hydrogen (secondary N) is 1. The van der Waals surface area contributed by atoms with Gasteiger partial charge in [-0.05, 0) is 35.4 Å². The molecule has 0 aliphatic carbocycles. The third-order valence-corrected chi connectivity index (χ3v) is 4.97. The molecule has 0 spiro atoms. The summed E-state index contributed by atoms with van der Waals surface area (Å²) in [5.41, 5.74) is 7.36. The fourth-order valence-corrected chi connectivity index (χ4v) is 2.84. The molecule has 2 rings (SSSR count). The van der Waals surface area contributed by atoms with Gasteiger partial charge in [0.05, 0.1) is 5.88 Å². The molecule has 0 aromatic heterocycles. The summed E-state index contributed by atoms with van der Waals surface area (Å²) in [6.45, 7) is 5.23. The number of hydrogen-bond acceptors (Lipinski definition) is 5. The number of rotatable bonds is 11. The number of carbonyl (C=O) groups is 1. The number of aliphatic hydroxyl groups excluding tert-OH is 1. The van der Waals surface area contributed by atoms with Gasteiger partial charge in [0.1, 0.15) is 24.2 Å². The van der Waals surface area contributed by atoms with Crippen LogP contribution in [0.5, 0.6) is 11.5 Å². The molecule has 0 heterocycles. The molecular weight excluding hydrogens is 392 g/mol. The van der Waals surface area contributed by atoms with Gasteiger partial charge in [-0.3, -0.25) is 4.79 Å². The number of halogens is 1. The van der Waals surface area contributed by atoms with Crippen LogP contribution in [0.3, 0.4) is 0 Å². The zero-order chi connectivity index (χ0) is 21.3. The van der Waals surface area contributed by atoms with Crippen molar-refractivity contribution in [3.63, 3.8) is 0 Å². The first-order valence-corrected chi connectivity index (χ1v) is 10.1. The molecule has 0 saturated heterocycles. The number of carbonyl (C=O) groups excluding carboxylic acids is 1. The van der Waals surface area contributed by atoms with E-state index in [-0.39, 0.29) is 30.4 Å². The van der Waals surface area contributed by atoms with Crippen molar-refractivity contribution in [2.45, 2.75) is 25.4 Å². The lowest BCUT2D eigenvalue weighted by molar-refractivity contribution is -0.123. The van der Waals surface area contributed by atoms with Crippen molar-refractivity contribution in [3.8, 4) is 11.5 Å².